The Morgan fingerprint density at radius 2 is 1.77 bits per heavy atom. The summed E-state index contributed by atoms with van der Waals surface area (Å²) in [4.78, 5) is 24.2. The Kier molecular flexibility index (Phi) is 5.72. The van der Waals surface area contributed by atoms with Crippen LogP contribution in [-0.2, 0) is 16.0 Å². The molecular weight excluding hydrogens is 276 g/mol. The van der Waals surface area contributed by atoms with Gasteiger partial charge < -0.3 is 11.5 Å². The van der Waals surface area contributed by atoms with Crippen LogP contribution in [0.3, 0.4) is 0 Å². The third kappa shape index (κ3) is 4.17. The van der Waals surface area contributed by atoms with Gasteiger partial charge in [-0.3, -0.25) is 9.59 Å². The largest absolute Gasteiger partial charge is 0.368 e. The molecule has 120 valence electrons. The highest BCUT2D eigenvalue weighted by Crippen LogP contribution is 2.29. The van der Waals surface area contributed by atoms with Crippen LogP contribution in [0, 0.1) is 5.92 Å². The number of benzene rings is 1. The van der Waals surface area contributed by atoms with E-state index >= 15 is 0 Å². The number of Topliss-reactive ketones (excluding diaryl/α,β-unsaturated/α-hetero) is 1. The van der Waals surface area contributed by atoms with Crippen molar-refractivity contribution in [2.24, 2.45) is 17.4 Å². The second-order valence-corrected chi connectivity index (χ2v) is 6.43. The van der Waals surface area contributed by atoms with Crippen molar-refractivity contribution in [1.82, 2.24) is 0 Å². The summed E-state index contributed by atoms with van der Waals surface area (Å²) in [5.41, 5.74) is 11.1. The van der Waals surface area contributed by atoms with Gasteiger partial charge in [0.25, 0.3) is 0 Å². The van der Waals surface area contributed by atoms with Gasteiger partial charge in [0.2, 0.25) is 5.91 Å². The van der Waals surface area contributed by atoms with E-state index in [9.17, 15) is 9.59 Å². The van der Waals surface area contributed by atoms with Gasteiger partial charge in [0.15, 0.2) is 11.3 Å². The number of amides is 1. The fourth-order valence-electron chi connectivity index (χ4n) is 3.24. The Balaban J connectivity index is 1.93. The lowest BCUT2D eigenvalue weighted by atomic mass is 9.84. The first-order chi connectivity index (χ1) is 10.5. The molecule has 0 saturated heterocycles. The zero-order valence-corrected chi connectivity index (χ0v) is 13.1. The minimum atomic E-state index is -1.53. The first kappa shape index (κ1) is 16.7. The molecule has 1 aromatic rings. The van der Waals surface area contributed by atoms with Gasteiger partial charge in [-0.05, 0) is 30.7 Å². The van der Waals surface area contributed by atoms with E-state index in [1.54, 1.807) is 0 Å². The maximum Gasteiger partial charge on any atom is 0.245 e. The van der Waals surface area contributed by atoms with Crippen molar-refractivity contribution in [1.29, 1.82) is 0 Å². The highest BCUT2D eigenvalue weighted by atomic mass is 16.2. The first-order valence-electron chi connectivity index (χ1n) is 8.18. The zero-order chi connectivity index (χ0) is 16.0. The quantitative estimate of drug-likeness (QED) is 0.723. The van der Waals surface area contributed by atoms with E-state index in [1.807, 2.05) is 30.3 Å². The average molecular weight is 302 g/mol. The van der Waals surface area contributed by atoms with E-state index in [1.165, 1.54) is 25.7 Å². The van der Waals surface area contributed by atoms with E-state index in [0.29, 0.717) is 18.8 Å². The molecule has 4 N–H and O–H groups in total. The van der Waals surface area contributed by atoms with Gasteiger partial charge >= 0.3 is 0 Å². The van der Waals surface area contributed by atoms with Crippen LogP contribution in [0.1, 0.15) is 50.5 Å². The lowest BCUT2D eigenvalue weighted by Crippen LogP contribution is -2.58. The zero-order valence-electron chi connectivity index (χ0n) is 13.1. The summed E-state index contributed by atoms with van der Waals surface area (Å²) in [5.74, 6) is -0.308. The van der Waals surface area contributed by atoms with Crippen LogP contribution in [0.4, 0.5) is 0 Å². The predicted molar refractivity (Wildman–Crippen MR) is 87.1 cm³/mol. The second kappa shape index (κ2) is 7.54. The number of hydrogen-bond donors (Lipinski definition) is 2. The fourth-order valence-corrected chi connectivity index (χ4v) is 3.24. The van der Waals surface area contributed by atoms with Crippen LogP contribution >= 0.6 is 0 Å². The van der Waals surface area contributed by atoms with E-state index in [4.69, 9.17) is 11.5 Å². The molecule has 4 heteroatoms. The van der Waals surface area contributed by atoms with Crippen LogP contribution in [-0.4, -0.2) is 17.2 Å². The maximum atomic E-state index is 12.5. The third-order valence-corrected chi connectivity index (χ3v) is 4.84. The van der Waals surface area contributed by atoms with Gasteiger partial charge in [-0.25, -0.2) is 0 Å². The molecule has 0 heterocycles. The second-order valence-electron chi connectivity index (χ2n) is 6.43. The number of nitrogens with two attached hydrogens (primary N) is 2. The Morgan fingerprint density at radius 1 is 1.14 bits per heavy atom. The molecule has 1 atom stereocenters. The summed E-state index contributed by atoms with van der Waals surface area (Å²) in [7, 11) is 0. The molecule has 0 aliphatic heterocycles. The molecule has 1 aliphatic rings. The van der Waals surface area contributed by atoms with Gasteiger partial charge in [0.1, 0.15) is 0 Å². The number of aryl methyl sites for hydroxylation is 1. The number of ketones is 1. The van der Waals surface area contributed by atoms with E-state index in [2.05, 4.69) is 0 Å². The highest BCUT2D eigenvalue weighted by Gasteiger charge is 2.39. The average Bonchev–Trinajstić information content (AvgIpc) is 3.04. The number of hydrogen-bond acceptors (Lipinski definition) is 3. The minimum absolute atomic E-state index is 0.206. The summed E-state index contributed by atoms with van der Waals surface area (Å²) >= 11 is 0. The van der Waals surface area contributed by atoms with Crippen molar-refractivity contribution in [3.63, 3.8) is 0 Å². The highest BCUT2D eigenvalue weighted by molar-refractivity contribution is 6.09. The molecule has 0 aromatic heterocycles. The number of rotatable bonds is 8. The topological polar surface area (TPSA) is 86.2 Å². The van der Waals surface area contributed by atoms with Crippen molar-refractivity contribution < 1.29 is 9.59 Å². The number of carbonyl (C=O) groups is 2. The Morgan fingerprint density at radius 3 is 2.36 bits per heavy atom. The summed E-state index contributed by atoms with van der Waals surface area (Å²) in [6.07, 6.45) is 6.91. The Labute approximate surface area is 132 Å². The molecule has 4 nitrogen and oxygen atoms in total. The number of primary amides is 1. The maximum absolute atomic E-state index is 12.5. The summed E-state index contributed by atoms with van der Waals surface area (Å²) in [6, 6.07) is 9.72. The molecule has 1 aromatic carbocycles. The molecule has 1 unspecified atom stereocenters. The Hall–Kier alpha value is -1.68. The first-order valence-corrected chi connectivity index (χ1v) is 8.18. The monoisotopic (exact) mass is 302 g/mol. The fraction of sp³-hybridized carbons (Fsp3) is 0.556. The molecule has 0 radical (unpaired) electrons. The van der Waals surface area contributed by atoms with Crippen LogP contribution in [0.25, 0.3) is 0 Å². The van der Waals surface area contributed by atoms with Crippen molar-refractivity contribution in [3.05, 3.63) is 35.9 Å². The minimum Gasteiger partial charge on any atom is -0.368 e. The lowest BCUT2D eigenvalue weighted by Gasteiger charge is -2.25. The standard InChI is InChI=1S/C18H26N2O2/c19-17(22)18(20,13-12-15-6-2-1-3-7-15)16(21)11-10-14-8-4-5-9-14/h1-3,6-7,14H,4-5,8-13,20H2,(H2,19,22). The van der Waals surface area contributed by atoms with Crippen molar-refractivity contribution in [3.8, 4) is 0 Å². The Bertz CT molecular complexity index is 509. The van der Waals surface area contributed by atoms with Crippen molar-refractivity contribution in [2.75, 3.05) is 0 Å². The molecular formula is C18H26N2O2. The third-order valence-electron chi connectivity index (χ3n) is 4.84. The van der Waals surface area contributed by atoms with Crippen molar-refractivity contribution in [2.45, 2.75) is 56.9 Å². The van der Waals surface area contributed by atoms with E-state index in [0.717, 1.165) is 12.0 Å². The van der Waals surface area contributed by atoms with Crippen LogP contribution in [0.2, 0.25) is 0 Å². The molecule has 0 spiro atoms. The molecule has 1 aliphatic carbocycles. The van der Waals surface area contributed by atoms with Gasteiger partial charge in [0, 0.05) is 6.42 Å². The van der Waals surface area contributed by atoms with Crippen LogP contribution < -0.4 is 11.5 Å². The van der Waals surface area contributed by atoms with Crippen molar-refractivity contribution >= 4 is 11.7 Å². The summed E-state index contributed by atoms with van der Waals surface area (Å²) in [6.45, 7) is 0. The molecule has 1 amide bonds. The molecule has 2 rings (SSSR count). The van der Waals surface area contributed by atoms with Gasteiger partial charge in [-0.2, -0.15) is 0 Å². The lowest BCUT2D eigenvalue weighted by molar-refractivity contribution is -0.134. The van der Waals surface area contributed by atoms with Crippen LogP contribution in [0.15, 0.2) is 30.3 Å². The molecule has 1 saturated carbocycles. The number of carbonyl (C=O) groups excluding carboxylic acids is 2. The van der Waals surface area contributed by atoms with Gasteiger partial charge in [-0.15, -0.1) is 0 Å². The normalized spacial score (nSPS) is 18.0. The van der Waals surface area contributed by atoms with E-state index in [-0.39, 0.29) is 12.2 Å². The smallest absolute Gasteiger partial charge is 0.245 e. The summed E-state index contributed by atoms with van der Waals surface area (Å²) in [5, 5.41) is 0. The molecule has 22 heavy (non-hydrogen) atoms. The molecule has 0 bridgehead atoms. The van der Waals surface area contributed by atoms with Crippen LogP contribution in [0.5, 0.6) is 0 Å². The summed E-state index contributed by atoms with van der Waals surface area (Å²) < 4.78 is 0. The predicted octanol–water partition coefficient (Wildman–Crippen LogP) is 2.34. The van der Waals surface area contributed by atoms with Gasteiger partial charge in [-0.1, -0.05) is 56.0 Å². The van der Waals surface area contributed by atoms with Gasteiger partial charge in [0.05, 0.1) is 0 Å². The van der Waals surface area contributed by atoms with E-state index < -0.39 is 11.4 Å². The molecule has 1 fully saturated rings. The SMILES string of the molecule is NC(=O)C(N)(CCc1ccccc1)C(=O)CCC1CCCC1.